The SMILES string of the molecule is CCc1ccc([C@H]2/C(=C(\O)c3ccc4c(c3)C[C@H](C)O4)C(=O)C(=O)N2c2nccs2)cc1. The van der Waals surface area contributed by atoms with Crippen molar-refractivity contribution in [2.24, 2.45) is 0 Å². The van der Waals surface area contributed by atoms with Crippen molar-refractivity contribution in [3.63, 3.8) is 0 Å². The van der Waals surface area contributed by atoms with Crippen molar-refractivity contribution in [2.75, 3.05) is 4.90 Å². The first-order valence-electron chi connectivity index (χ1n) is 10.6. The predicted molar refractivity (Wildman–Crippen MR) is 123 cm³/mol. The molecule has 1 saturated heterocycles. The smallest absolute Gasteiger partial charge is 0.301 e. The highest BCUT2D eigenvalue weighted by molar-refractivity contribution is 7.14. The van der Waals surface area contributed by atoms with E-state index in [0.29, 0.717) is 10.7 Å². The zero-order chi connectivity index (χ0) is 22.4. The van der Waals surface area contributed by atoms with E-state index in [1.807, 2.05) is 37.3 Å². The van der Waals surface area contributed by atoms with Gasteiger partial charge in [0.2, 0.25) is 0 Å². The van der Waals surface area contributed by atoms with Gasteiger partial charge in [0, 0.05) is 23.6 Å². The van der Waals surface area contributed by atoms with E-state index in [1.54, 1.807) is 23.7 Å². The number of hydrogen-bond acceptors (Lipinski definition) is 6. The fourth-order valence-electron chi connectivity index (χ4n) is 4.34. The number of aliphatic hydroxyl groups excluding tert-OH is 1. The van der Waals surface area contributed by atoms with Gasteiger partial charge >= 0.3 is 5.91 Å². The number of aryl methyl sites for hydroxylation is 1. The maximum atomic E-state index is 13.2. The zero-order valence-corrected chi connectivity index (χ0v) is 18.6. The highest BCUT2D eigenvalue weighted by Gasteiger charge is 2.48. The summed E-state index contributed by atoms with van der Waals surface area (Å²) >= 11 is 1.28. The standard InChI is InChI=1S/C25H22N2O4S/c1-3-15-4-6-16(7-5-15)21-20(23(29)24(30)27(21)25-26-10-11-32-25)22(28)17-8-9-19-18(13-17)12-14(2)31-19/h4-11,13-14,21,28H,3,12H2,1-2H3/b22-20+/t14-,21-/m0/s1. The third-order valence-electron chi connectivity index (χ3n) is 5.94. The molecular weight excluding hydrogens is 424 g/mol. The number of thiazole rings is 1. The van der Waals surface area contributed by atoms with E-state index in [4.69, 9.17) is 4.74 Å². The van der Waals surface area contributed by atoms with Crippen LogP contribution in [0.4, 0.5) is 5.13 Å². The summed E-state index contributed by atoms with van der Waals surface area (Å²) in [5.41, 5.74) is 3.43. The fourth-order valence-corrected chi connectivity index (χ4v) is 5.01. The lowest BCUT2D eigenvalue weighted by Gasteiger charge is -2.23. The van der Waals surface area contributed by atoms with Gasteiger partial charge in [-0.15, -0.1) is 11.3 Å². The lowest BCUT2D eigenvalue weighted by atomic mass is 9.94. The Labute approximate surface area is 189 Å². The third-order valence-corrected chi connectivity index (χ3v) is 6.71. The molecule has 0 radical (unpaired) electrons. The molecule has 2 aromatic carbocycles. The zero-order valence-electron chi connectivity index (χ0n) is 17.7. The number of amides is 1. The van der Waals surface area contributed by atoms with Crippen LogP contribution in [-0.4, -0.2) is 27.9 Å². The van der Waals surface area contributed by atoms with Crippen LogP contribution in [0.2, 0.25) is 0 Å². The second-order valence-electron chi connectivity index (χ2n) is 8.03. The Balaban J connectivity index is 1.67. The Bertz CT molecular complexity index is 1230. The number of anilines is 1. The monoisotopic (exact) mass is 446 g/mol. The van der Waals surface area contributed by atoms with Crippen LogP contribution >= 0.6 is 11.3 Å². The summed E-state index contributed by atoms with van der Waals surface area (Å²) in [4.78, 5) is 31.9. The summed E-state index contributed by atoms with van der Waals surface area (Å²) in [7, 11) is 0. The minimum Gasteiger partial charge on any atom is -0.507 e. The molecule has 2 atom stereocenters. The van der Waals surface area contributed by atoms with Gasteiger partial charge in [-0.3, -0.25) is 14.5 Å². The van der Waals surface area contributed by atoms with Crippen LogP contribution in [-0.2, 0) is 22.4 Å². The molecule has 2 aliphatic rings. The fraction of sp³-hybridized carbons (Fsp3) is 0.240. The second kappa shape index (κ2) is 7.91. The molecule has 0 saturated carbocycles. The van der Waals surface area contributed by atoms with Gasteiger partial charge in [-0.2, -0.15) is 0 Å². The molecule has 162 valence electrons. The molecule has 1 amide bonds. The van der Waals surface area contributed by atoms with Crippen molar-refractivity contribution >= 4 is 33.9 Å². The van der Waals surface area contributed by atoms with Crippen LogP contribution in [0.3, 0.4) is 0 Å². The Kier molecular flexibility index (Phi) is 5.06. The number of ketones is 1. The van der Waals surface area contributed by atoms with E-state index in [9.17, 15) is 14.7 Å². The number of fused-ring (bicyclic) bond motifs is 1. The molecule has 0 aliphatic carbocycles. The highest BCUT2D eigenvalue weighted by atomic mass is 32.1. The molecule has 0 unspecified atom stereocenters. The van der Waals surface area contributed by atoms with Crippen LogP contribution in [0, 0.1) is 0 Å². The Morgan fingerprint density at radius 1 is 1.22 bits per heavy atom. The first-order chi connectivity index (χ1) is 15.5. The largest absolute Gasteiger partial charge is 0.507 e. The van der Waals surface area contributed by atoms with Crippen molar-refractivity contribution in [3.05, 3.63) is 81.9 Å². The van der Waals surface area contributed by atoms with Gasteiger partial charge in [-0.1, -0.05) is 31.2 Å². The number of ether oxygens (including phenoxy) is 1. The topological polar surface area (TPSA) is 79.7 Å². The molecule has 0 bridgehead atoms. The van der Waals surface area contributed by atoms with E-state index in [-0.39, 0.29) is 17.4 Å². The lowest BCUT2D eigenvalue weighted by molar-refractivity contribution is -0.132. The average molecular weight is 447 g/mol. The number of aromatic nitrogens is 1. The van der Waals surface area contributed by atoms with E-state index >= 15 is 0 Å². The summed E-state index contributed by atoms with van der Waals surface area (Å²) in [6.45, 7) is 4.05. The molecule has 2 aliphatic heterocycles. The summed E-state index contributed by atoms with van der Waals surface area (Å²) in [5.74, 6) is -0.810. The minimum absolute atomic E-state index is 0.0648. The Morgan fingerprint density at radius 3 is 2.69 bits per heavy atom. The van der Waals surface area contributed by atoms with Gasteiger partial charge in [0.05, 0.1) is 11.6 Å². The second-order valence-corrected chi connectivity index (χ2v) is 8.91. The molecule has 7 heteroatoms. The number of benzene rings is 2. The number of Topliss-reactive ketones (excluding diaryl/α,β-unsaturated/α-hetero) is 1. The van der Waals surface area contributed by atoms with E-state index in [1.165, 1.54) is 16.2 Å². The van der Waals surface area contributed by atoms with Gasteiger partial charge in [-0.05, 0) is 48.2 Å². The molecule has 32 heavy (non-hydrogen) atoms. The summed E-state index contributed by atoms with van der Waals surface area (Å²) in [5, 5.41) is 13.5. The van der Waals surface area contributed by atoms with E-state index < -0.39 is 17.7 Å². The molecule has 1 N–H and O–H groups in total. The number of rotatable bonds is 4. The van der Waals surface area contributed by atoms with Crippen molar-refractivity contribution in [2.45, 2.75) is 38.8 Å². The molecule has 5 rings (SSSR count). The Hall–Kier alpha value is -3.45. The van der Waals surface area contributed by atoms with Crippen molar-refractivity contribution in [1.82, 2.24) is 4.98 Å². The third kappa shape index (κ3) is 3.29. The summed E-state index contributed by atoms with van der Waals surface area (Å²) in [6, 6.07) is 12.4. The molecule has 3 heterocycles. The molecule has 6 nitrogen and oxygen atoms in total. The van der Waals surface area contributed by atoms with Crippen molar-refractivity contribution < 1.29 is 19.4 Å². The van der Waals surface area contributed by atoms with Gasteiger partial charge < -0.3 is 9.84 Å². The van der Waals surface area contributed by atoms with Crippen LogP contribution in [0.25, 0.3) is 5.76 Å². The van der Waals surface area contributed by atoms with Crippen LogP contribution in [0.5, 0.6) is 5.75 Å². The van der Waals surface area contributed by atoms with Gasteiger partial charge in [0.15, 0.2) is 5.13 Å². The number of carbonyl (C=O) groups is 2. The molecule has 0 spiro atoms. The summed E-state index contributed by atoms with van der Waals surface area (Å²) < 4.78 is 5.75. The number of aliphatic hydroxyl groups is 1. The number of nitrogens with zero attached hydrogens (tertiary/aromatic N) is 2. The molecular formula is C25H22N2O4S. The predicted octanol–water partition coefficient (Wildman–Crippen LogP) is 4.66. The van der Waals surface area contributed by atoms with Gasteiger partial charge in [0.25, 0.3) is 5.78 Å². The molecule has 1 aromatic heterocycles. The minimum atomic E-state index is -0.754. The number of carbonyl (C=O) groups excluding carboxylic acids is 2. The quantitative estimate of drug-likeness (QED) is 0.358. The van der Waals surface area contributed by atoms with E-state index in [2.05, 4.69) is 11.9 Å². The van der Waals surface area contributed by atoms with Crippen LogP contribution in [0.1, 0.15) is 42.1 Å². The highest BCUT2D eigenvalue weighted by Crippen LogP contribution is 2.43. The normalized spacial score (nSPS) is 21.6. The average Bonchev–Trinajstić information content (AvgIpc) is 3.51. The lowest BCUT2D eigenvalue weighted by Crippen LogP contribution is -2.29. The van der Waals surface area contributed by atoms with Gasteiger partial charge in [-0.25, -0.2) is 4.98 Å². The Morgan fingerprint density at radius 2 is 2.00 bits per heavy atom. The first-order valence-corrected chi connectivity index (χ1v) is 11.4. The maximum Gasteiger partial charge on any atom is 0.301 e. The van der Waals surface area contributed by atoms with Crippen molar-refractivity contribution in [3.8, 4) is 5.75 Å². The van der Waals surface area contributed by atoms with E-state index in [0.717, 1.165) is 35.3 Å². The first kappa shape index (κ1) is 20.5. The summed E-state index contributed by atoms with van der Waals surface area (Å²) in [6.07, 6.45) is 3.27. The van der Waals surface area contributed by atoms with Gasteiger partial charge in [0.1, 0.15) is 17.6 Å². The molecule has 3 aromatic rings. The maximum absolute atomic E-state index is 13.2. The number of hydrogen-bond donors (Lipinski definition) is 1. The van der Waals surface area contributed by atoms with Crippen molar-refractivity contribution in [1.29, 1.82) is 0 Å². The molecule has 1 fully saturated rings. The van der Waals surface area contributed by atoms with Crippen LogP contribution in [0.15, 0.2) is 59.6 Å². The van der Waals surface area contributed by atoms with Crippen LogP contribution < -0.4 is 9.64 Å².